The highest BCUT2D eigenvalue weighted by Gasteiger charge is 2.51. The maximum absolute atomic E-state index is 12.7. The first-order chi connectivity index (χ1) is 7.93. The van der Waals surface area contributed by atoms with Gasteiger partial charge >= 0.3 is 11.2 Å². The molecule has 0 spiro atoms. The summed E-state index contributed by atoms with van der Waals surface area (Å²) in [5.74, 6) is 0.628. The fraction of sp³-hybridized carbons (Fsp3) is 0.917. The number of esters is 1. The van der Waals surface area contributed by atoms with E-state index in [1.54, 1.807) is 0 Å². The summed E-state index contributed by atoms with van der Waals surface area (Å²) in [6, 6.07) is 0. The molecule has 2 nitrogen and oxygen atoms in total. The van der Waals surface area contributed by atoms with Crippen LogP contribution in [-0.2, 0) is 9.53 Å². The lowest BCUT2D eigenvalue weighted by molar-refractivity contribution is -0.185. The Labute approximate surface area is 104 Å². The van der Waals surface area contributed by atoms with Gasteiger partial charge in [-0.25, -0.2) is 4.79 Å². The predicted molar refractivity (Wildman–Crippen MR) is 60.9 cm³/mol. The van der Waals surface area contributed by atoms with E-state index < -0.39 is 11.2 Å². The number of carbonyl (C=O) groups is 1. The Kier molecular flexibility index (Phi) is 2.65. The highest BCUT2D eigenvalue weighted by atomic mass is 32.1. The minimum absolute atomic E-state index is 0.284. The first kappa shape index (κ1) is 11.8. The van der Waals surface area contributed by atoms with E-state index in [4.69, 9.17) is 4.74 Å². The molecule has 0 radical (unpaired) electrons. The molecular weight excluding hydrogens is 246 g/mol. The van der Waals surface area contributed by atoms with Crippen LogP contribution in [0.15, 0.2) is 0 Å². The summed E-state index contributed by atoms with van der Waals surface area (Å²) in [7, 11) is 0. The third kappa shape index (κ3) is 2.07. The van der Waals surface area contributed by atoms with E-state index in [2.05, 4.69) is 12.6 Å². The lowest BCUT2D eigenvalue weighted by Gasteiger charge is -2.53. The highest BCUT2D eigenvalue weighted by Crippen LogP contribution is 2.54. The monoisotopic (exact) mass is 262 g/mol. The molecule has 0 aromatic heterocycles. The minimum atomic E-state index is -3.66. The van der Waals surface area contributed by atoms with Crippen LogP contribution in [0.25, 0.3) is 0 Å². The van der Waals surface area contributed by atoms with E-state index in [0.717, 1.165) is 37.5 Å². The van der Waals surface area contributed by atoms with Gasteiger partial charge in [0.15, 0.2) is 0 Å². The van der Waals surface area contributed by atoms with Gasteiger partial charge in [0.25, 0.3) is 0 Å². The predicted octanol–water partition coefficient (Wildman–Crippen LogP) is 2.88. The standard InChI is InChI=1S/C12H16F2O2S/c13-12(14,17)11(15)16-10-8-2-6-1-7(4-8)5-9(10)3-6/h6-10,17H,1-5H2. The zero-order valence-corrected chi connectivity index (χ0v) is 10.3. The van der Waals surface area contributed by atoms with Crippen LogP contribution in [0.2, 0.25) is 0 Å². The Balaban J connectivity index is 1.70. The van der Waals surface area contributed by atoms with Gasteiger partial charge in [0.2, 0.25) is 0 Å². The normalized spacial score (nSPS) is 43.8. The van der Waals surface area contributed by atoms with Crippen molar-refractivity contribution >= 4 is 18.6 Å². The summed E-state index contributed by atoms with van der Waals surface area (Å²) in [6.45, 7) is 0. The van der Waals surface area contributed by atoms with E-state index in [-0.39, 0.29) is 6.10 Å². The third-order valence-corrected chi connectivity index (χ3v) is 4.81. The first-order valence-electron chi connectivity index (χ1n) is 6.24. The second kappa shape index (κ2) is 3.84. The summed E-state index contributed by atoms with van der Waals surface area (Å²) in [5, 5.41) is -3.66. The Bertz CT molecular complexity index is 312. The molecule has 17 heavy (non-hydrogen) atoms. The zero-order chi connectivity index (χ0) is 12.2. The van der Waals surface area contributed by atoms with Crippen LogP contribution in [-0.4, -0.2) is 17.3 Å². The fourth-order valence-electron chi connectivity index (χ4n) is 4.26. The third-order valence-electron chi connectivity index (χ3n) is 4.63. The van der Waals surface area contributed by atoms with Gasteiger partial charge in [-0.2, -0.15) is 8.78 Å². The fourth-order valence-corrected chi connectivity index (χ4v) is 4.31. The quantitative estimate of drug-likeness (QED) is 0.612. The average Bonchev–Trinajstić information content (AvgIpc) is 2.20. The van der Waals surface area contributed by atoms with E-state index in [1.807, 2.05) is 0 Å². The van der Waals surface area contributed by atoms with Gasteiger partial charge in [-0.1, -0.05) is 12.6 Å². The maximum Gasteiger partial charge on any atom is 0.388 e. The van der Waals surface area contributed by atoms with Gasteiger partial charge in [-0.15, -0.1) is 0 Å². The second-order valence-electron chi connectivity index (χ2n) is 5.84. The summed E-state index contributed by atoms with van der Waals surface area (Å²) < 4.78 is 30.5. The summed E-state index contributed by atoms with van der Waals surface area (Å²) >= 11 is 2.97. The van der Waals surface area contributed by atoms with Gasteiger partial charge < -0.3 is 4.74 Å². The van der Waals surface area contributed by atoms with Gasteiger partial charge in [0.05, 0.1) is 0 Å². The Morgan fingerprint density at radius 3 is 1.94 bits per heavy atom. The Morgan fingerprint density at radius 2 is 1.53 bits per heavy atom. The molecule has 0 atom stereocenters. The molecule has 4 aliphatic rings. The van der Waals surface area contributed by atoms with E-state index in [9.17, 15) is 13.6 Å². The maximum atomic E-state index is 12.7. The van der Waals surface area contributed by atoms with Crippen molar-refractivity contribution in [2.45, 2.75) is 43.5 Å². The van der Waals surface area contributed by atoms with Crippen LogP contribution in [0.4, 0.5) is 8.78 Å². The highest BCUT2D eigenvalue weighted by molar-refractivity contribution is 7.82. The van der Waals surface area contributed by atoms with Crippen molar-refractivity contribution in [1.82, 2.24) is 0 Å². The number of ether oxygens (including phenoxy) is 1. The minimum Gasteiger partial charge on any atom is -0.457 e. The number of hydrogen-bond acceptors (Lipinski definition) is 3. The van der Waals surface area contributed by atoms with Crippen molar-refractivity contribution in [2.75, 3.05) is 0 Å². The van der Waals surface area contributed by atoms with Crippen LogP contribution in [0.3, 0.4) is 0 Å². The molecule has 0 N–H and O–H groups in total. The molecule has 0 heterocycles. The zero-order valence-electron chi connectivity index (χ0n) is 9.44. The Morgan fingerprint density at radius 1 is 1.06 bits per heavy atom. The molecule has 0 unspecified atom stereocenters. The molecule has 96 valence electrons. The Hall–Kier alpha value is -0.320. The van der Waals surface area contributed by atoms with E-state index >= 15 is 0 Å². The van der Waals surface area contributed by atoms with Crippen molar-refractivity contribution in [3.63, 3.8) is 0 Å². The summed E-state index contributed by atoms with van der Waals surface area (Å²) in [5.41, 5.74) is 0. The number of thiol groups is 1. The number of alkyl halides is 2. The second-order valence-corrected chi connectivity index (χ2v) is 6.40. The van der Waals surface area contributed by atoms with E-state index in [0.29, 0.717) is 11.8 Å². The van der Waals surface area contributed by atoms with Crippen LogP contribution >= 0.6 is 12.6 Å². The molecule has 0 aromatic carbocycles. The number of halogens is 2. The molecule has 4 fully saturated rings. The van der Waals surface area contributed by atoms with Crippen molar-refractivity contribution in [2.24, 2.45) is 23.7 Å². The summed E-state index contributed by atoms with van der Waals surface area (Å²) in [6.07, 6.45) is 5.18. The molecule has 0 amide bonds. The van der Waals surface area contributed by atoms with Crippen LogP contribution in [0.5, 0.6) is 0 Å². The van der Waals surface area contributed by atoms with Crippen molar-refractivity contribution in [3.05, 3.63) is 0 Å². The largest absolute Gasteiger partial charge is 0.457 e. The molecule has 0 aromatic rings. The molecule has 4 bridgehead atoms. The lowest BCUT2D eigenvalue weighted by atomic mass is 9.55. The average molecular weight is 262 g/mol. The van der Waals surface area contributed by atoms with Gasteiger partial charge in [0.1, 0.15) is 6.10 Å². The van der Waals surface area contributed by atoms with Crippen molar-refractivity contribution in [1.29, 1.82) is 0 Å². The molecular formula is C12H16F2O2S. The molecule has 4 aliphatic carbocycles. The number of hydrogen-bond donors (Lipinski definition) is 1. The van der Waals surface area contributed by atoms with Gasteiger partial charge in [-0.3, -0.25) is 0 Å². The van der Waals surface area contributed by atoms with Crippen LogP contribution < -0.4 is 0 Å². The number of rotatable bonds is 2. The van der Waals surface area contributed by atoms with Gasteiger partial charge in [-0.05, 0) is 55.8 Å². The van der Waals surface area contributed by atoms with Gasteiger partial charge in [0, 0.05) is 0 Å². The lowest BCUT2D eigenvalue weighted by Crippen LogP contribution is -2.51. The van der Waals surface area contributed by atoms with E-state index in [1.165, 1.54) is 6.42 Å². The molecule has 5 heteroatoms. The SMILES string of the molecule is O=C(OC1C2CC3CC(C2)CC1C3)C(F)(F)S. The first-order valence-corrected chi connectivity index (χ1v) is 6.69. The molecule has 4 saturated carbocycles. The molecule has 4 rings (SSSR count). The van der Waals surface area contributed by atoms with Crippen molar-refractivity contribution < 1.29 is 18.3 Å². The summed E-state index contributed by atoms with van der Waals surface area (Å²) in [4.78, 5) is 11.2. The van der Waals surface area contributed by atoms with Crippen molar-refractivity contribution in [3.8, 4) is 0 Å². The van der Waals surface area contributed by atoms with Crippen LogP contribution in [0.1, 0.15) is 32.1 Å². The topological polar surface area (TPSA) is 26.3 Å². The smallest absolute Gasteiger partial charge is 0.388 e. The van der Waals surface area contributed by atoms with Crippen LogP contribution in [0, 0.1) is 23.7 Å². The molecule has 0 aliphatic heterocycles. The molecule has 0 saturated heterocycles. The number of carbonyl (C=O) groups excluding carboxylic acids is 1.